The maximum Gasteiger partial charge on any atom is 0.323 e. The highest BCUT2D eigenvalue weighted by Crippen LogP contribution is 2.17. The minimum atomic E-state index is -0.557. The van der Waals surface area contributed by atoms with Gasteiger partial charge in [-0.1, -0.05) is 49.4 Å². The van der Waals surface area contributed by atoms with E-state index in [1.165, 1.54) is 5.56 Å². The molecule has 1 atom stereocenters. The van der Waals surface area contributed by atoms with Gasteiger partial charge in [0.1, 0.15) is 12.6 Å². The summed E-state index contributed by atoms with van der Waals surface area (Å²) in [5.41, 5.74) is 3.07. The molecule has 1 fully saturated rings. The molecule has 1 saturated heterocycles. The lowest BCUT2D eigenvalue weighted by molar-refractivity contribution is -0.159. The summed E-state index contributed by atoms with van der Waals surface area (Å²) in [6, 6.07) is 17.1. The van der Waals surface area contributed by atoms with Crippen LogP contribution in [0.4, 0.5) is 5.69 Å². The number of carbonyl (C=O) groups is 2. The van der Waals surface area contributed by atoms with Crippen LogP contribution in [0.15, 0.2) is 54.6 Å². The quantitative estimate of drug-likeness (QED) is 0.812. The topological polar surface area (TPSA) is 58.6 Å². The van der Waals surface area contributed by atoms with Crippen molar-refractivity contribution < 1.29 is 14.3 Å². The average molecular weight is 352 g/mol. The molecule has 1 aliphatic heterocycles. The predicted molar refractivity (Wildman–Crippen MR) is 101 cm³/mol. The monoisotopic (exact) mass is 352 g/mol. The molecule has 3 rings (SSSR count). The molecule has 0 bridgehead atoms. The van der Waals surface area contributed by atoms with Crippen molar-refractivity contribution >= 4 is 17.6 Å². The largest absolute Gasteiger partial charge is 0.463 e. The fraction of sp³-hybridized carbons (Fsp3) is 0.333. The average Bonchev–Trinajstić information content (AvgIpc) is 2.66. The third-order valence-electron chi connectivity index (χ3n) is 4.59. The lowest BCUT2D eigenvalue weighted by Gasteiger charge is -2.33. The van der Waals surface area contributed by atoms with Gasteiger partial charge in [-0.05, 0) is 29.7 Å². The van der Waals surface area contributed by atoms with E-state index in [-0.39, 0.29) is 18.3 Å². The molecule has 0 unspecified atom stereocenters. The number of nitrogens with one attached hydrogen (secondary N) is 1. The lowest BCUT2D eigenvalue weighted by atomic mass is 10.1. The standard InChI is InChI=1S/C21H24N2O3/c1-2-16-8-10-18(11-9-16)22-20(24)14-19-21(25)26-13-12-23(19)15-17-6-4-3-5-7-17/h3-11,19H,2,12-15H2,1H3,(H,22,24)/t19-/m1/s1. The number of hydrogen-bond donors (Lipinski definition) is 1. The minimum absolute atomic E-state index is 0.0845. The first-order valence-electron chi connectivity index (χ1n) is 8.99. The summed E-state index contributed by atoms with van der Waals surface area (Å²) in [5.74, 6) is -0.514. The Labute approximate surface area is 154 Å². The summed E-state index contributed by atoms with van der Waals surface area (Å²) in [6.45, 7) is 3.70. The van der Waals surface area contributed by atoms with Crippen LogP contribution in [-0.4, -0.2) is 36.0 Å². The number of anilines is 1. The van der Waals surface area contributed by atoms with Crippen LogP contribution in [0.3, 0.4) is 0 Å². The SMILES string of the molecule is CCc1ccc(NC(=O)C[C@@H]2C(=O)OCCN2Cc2ccccc2)cc1. The second kappa shape index (κ2) is 8.63. The van der Waals surface area contributed by atoms with Gasteiger partial charge in [0.25, 0.3) is 0 Å². The van der Waals surface area contributed by atoms with Gasteiger partial charge in [-0.15, -0.1) is 0 Å². The second-order valence-corrected chi connectivity index (χ2v) is 6.44. The molecule has 5 nitrogen and oxygen atoms in total. The number of rotatable bonds is 6. The van der Waals surface area contributed by atoms with Crippen molar-refractivity contribution in [2.75, 3.05) is 18.5 Å². The molecule has 0 aromatic heterocycles. The van der Waals surface area contributed by atoms with E-state index >= 15 is 0 Å². The molecule has 1 heterocycles. The zero-order valence-corrected chi connectivity index (χ0v) is 15.0. The first-order chi connectivity index (χ1) is 12.7. The Morgan fingerprint density at radius 1 is 1.12 bits per heavy atom. The molecule has 1 amide bonds. The van der Waals surface area contributed by atoms with Crippen LogP contribution in [0.2, 0.25) is 0 Å². The van der Waals surface area contributed by atoms with Gasteiger partial charge in [-0.3, -0.25) is 14.5 Å². The van der Waals surface area contributed by atoms with Crippen LogP contribution in [0.25, 0.3) is 0 Å². The van der Waals surface area contributed by atoms with Gasteiger partial charge in [-0.2, -0.15) is 0 Å². The Morgan fingerprint density at radius 3 is 2.54 bits per heavy atom. The Kier molecular flexibility index (Phi) is 6.02. The van der Waals surface area contributed by atoms with Gasteiger partial charge in [0.15, 0.2) is 0 Å². The molecule has 1 N–H and O–H groups in total. The summed E-state index contributed by atoms with van der Waals surface area (Å²) in [5, 5.41) is 2.87. The molecule has 1 aliphatic rings. The van der Waals surface area contributed by atoms with Crippen molar-refractivity contribution in [3.63, 3.8) is 0 Å². The number of ether oxygens (including phenoxy) is 1. The smallest absolute Gasteiger partial charge is 0.323 e. The van der Waals surface area contributed by atoms with Crippen molar-refractivity contribution in [3.8, 4) is 0 Å². The van der Waals surface area contributed by atoms with E-state index in [0.29, 0.717) is 19.7 Å². The minimum Gasteiger partial charge on any atom is -0.463 e. The van der Waals surface area contributed by atoms with E-state index in [9.17, 15) is 9.59 Å². The molecule has 2 aromatic carbocycles. The van der Waals surface area contributed by atoms with Crippen molar-refractivity contribution in [1.29, 1.82) is 0 Å². The van der Waals surface area contributed by atoms with Crippen LogP contribution < -0.4 is 5.32 Å². The summed E-state index contributed by atoms with van der Waals surface area (Å²) in [4.78, 5) is 26.7. The zero-order chi connectivity index (χ0) is 18.4. The molecule has 0 aliphatic carbocycles. The van der Waals surface area contributed by atoms with Crippen molar-refractivity contribution in [2.45, 2.75) is 32.4 Å². The van der Waals surface area contributed by atoms with Crippen LogP contribution in [-0.2, 0) is 27.3 Å². The summed E-state index contributed by atoms with van der Waals surface area (Å²) >= 11 is 0. The number of aryl methyl sites for hydroxylation is 1. The highest BCUT2D eigenvalue weighted by atomic mass is 16.5. The van der Waals surface area contributed by atoms with Crippen LogP contribution >= 0.6 is 0 Å². The van der Waals surface area contributed by atoms with Crippen LogP contribution in [0.5, 0.6) is 0 Å². The van der Waals surface area contributed by atoms with E-state index in [1.54, 1.807) is 0 Å². The molecular weight excluding hydrogens is 328 g/mol. The number of benzene rings is 2. The highest BCUT2D eigenvalue weighted by molar-refractivity contribution is 5.94. The van der Waals surface area contributed by atoms with Gasteiger partial charge < -0.3 is 10.1 Å². The van der Waals surface area contributed by atoms with Crippen LogP contribution in [0, 0.1) is 0 Å². The van der Waals surface area contributed by atoms with E-state index < -0.39 is 6.04 Å². The Morgan fingerprint density at radius 2 is 1.85 bits per heavy atom. The predicted octanol–water partition coefficient (Wildman–Crippen LogP) is 3.01. The zero-order valence-electron chi connectivity index (χ0n) is 15.0. The molecular formula is C21H24N2O3. The third kappa shape index (κ3) is 4.70. The van der Waals surface area contributed by atoms with Gasteiger partial charge in [0.05, 0.1) is 6.42 Å². The highest BCUT2D eigenvalue weighted by Gasteiger charge is 2.33. The normalized spacial score (nSPS) is 17.6. The van der Waals surface area contributed by atoms with E-state index in [0.717, 1.165) is 17.7 Å². The van der Waals surface area contributed by atoms with Crippen molar-refractivity contribution in [2.24, 2.45) is 0 Å². The van der Waals surface area contributed by atoms with E-state index in [4.69, 9.17) is 4.74 Å². The summed E-state index contributed by atoms with van der Waals surface area (Å²) in [7, 11) is 0. The maximum absolute atomic E-state index is 12.4. The maximum atomic E-state index is 12.4. The molecule has 136 valence electrons. The number of hydrogen-bond acceptors (Lipinski definition) is 4. The summed E-state index contributed by atoms with van der Waals surface area (Å²) < 4.78 is 5.18. The molecule has 0 radical (unpaired) electrons. The third-order valence-corrected chi connectivity index (χ3v) is 4.59. The fourth-order valence-corrected chi connectivity index (χ4v) is 3.10. The number of morpholine rings is 1. The molecule has 5 heteroatoms. The first kappa shape index (κ1) is 18.1. The Bertz CT molecular complexity index is 744. The number of amides is 1. The first-order valence-corrected chi connectivity index (χ1v) is 8.99. The van der Waals surface area contributed by atoms with Crippen LogP contribution in [0.1, 0.15) is 24.5 Å². The Balaban J connectivity index is 1.63. The second-order valence-electron chi connectivity index (χ2n) is 6.44. The van der Waals surface area contributed by atoms with Gasteiger partial charge in [0.2, 0.25) is 5.91 Å². The lowest BCUT2D eigenvalue weighted by Crippen LogP contribution is -2.49. The molecule has 2 aromatic rings. The molecule has 0 saturated carbocycles. The molecule has 26 heavy (non-hydrogen) atoms. The number of nitrogens with zero attached hydrogens (tertiary/aromatic N) is 1. The fourth-order valence-electron chi connectivity index (χ4n) is 3.10. The van der Waals surface area contributed by atoms with E-state index in [2.05, 4.69) is 12.2 Å². The summed E-state index contributed by atoms with van der Waals surface area (Å²) in [6.07, 6.45) is 1.04. The number of esters is 1. The van der Waals surface area contributed by atoms with Gasteiger partial charge >= 0.3 is 5.97 Å². The van der Waals surface area contributed by atoms with Gasteiger partial charge in [0, 0.05) is 18.8 Å². The number of cyclic esters (lactones) is 1. The van der Waals surface area contributed by atoms with Gasteiger partial charge in [-0.25, -0.2) is 0 Å². The van der Waals surface area contributed by atoms with E-state index in [1.807, 2.05) is 59.5 Å². The van der Waals surface area contributed by atoms with Crippen molar-refractivity contribution in [3.05, 3.63) is 65.7 Å². The Hall–Kier alpha value is -2.66. The molecule has 0 spiro atoms. The van der Waals surface area contributed by atoms with Crippen molar-refractivity contribution in [1.82, 2.24) is 4.90 Å². The number of carbonyl (C=O) groups excluding carboxylic acids is 2.